The van der Waals surface area contributed by atoms with E-state index in [4.69, 9.17) is 0 Å². The van der Waals surface area contributed by atoms with Crippen LogP contribution in [0.2, 0.25) is 0 Å². The number of para-hydroxylation sites is 2. The van der Waals surface area contributed by atoms with Crippen LogP contribution in [0.1, 0.15) is 32.6 Å². The molecule has 1 heterocycles. The van der Waals surface area contributed by atoms with Crippen molar-refractivity contribution in [2.24, 2.45) is 5.92 Å². The van der Waals surface area contributed by atoms with E-state index in [0.717, 1.165) is 17.8 Å². The van der Waals surface area contributed by atoms with E-state index in [0.29, 0.717) is 5.92 Å². The SMILES string of the molecule is C[C@@H]1CCCC[C@@H]1NC(=O)Nc1ccccc1-n1cccn1. The van der Waals surface area contributed by atoms with Crippen molar-refractivity contribution in [1.82, 2.24) is 15.1 Å². The molecule has 1 aliphatic carbocycles. The Morgan fingerprint density at radius 1 is 1.23 bits per heavy atom. The maximum atomic E-state index is 12.3. The van der Waals surface area contributed by atoms with Gasteiger partial charge in [0, 0.05) is 18.4 Å². The van der Waals surface area contributed by atoms with Crippen molar-refractivity contribution in [2.45, 2.75) is 38.6 Å². The van der Waals surface area contributed by atoms with Crippen LogP contribution in [0.5, 0.6) is 0 Å². The Morgan fingerprint density at radius 3 is 2.82 bits per heavy atom. The van der Waals surface area contributed by atoms with Gasteiger partial charge < -0.3 is 10.6 Å². The van der Waals surface area contributed by atoms with E-state index in [1.807, 2.05) is 36.5 Å². The van der Waals surface area contributed by atoms with E-state index in [-0.39, 0.29) is 12.1 Å². The molecule has 5 nitrogen and oxygen atoms in total. The standard InChI is InChI=1S/C17H22N4O/c1-13-7-2-3-8-14(13)19-17(22)20-15-9-4-5-10-16(15)21-12-6-11-18-21/h4-6,9-14H,2-3,7-8H2,1H3,(H2,19,20,22)/t13-,14+/m1/s1. The largest absolute Gasteiger partial charge is 0.335 e. The van der Waals surface area contributed by atoms with Gasteiger partial charge in [-0.15, -0.1) is 0 Å². The molecule has 1 fully saturated rings. The predicted octanol–water partition coefficient (Wildman–Crippen LogP) is 3.57. The zero-order valence-corrected chi connectivity index (χ0v) is 12.8. The average Bonchev–Trinajstić information content (AvgIpc) is 3.04. The fourth-order valence-corrected chi connectivity index (χ4v) is 3.05. The Morgan fingerprint density at radius 2 is 2.05 bits per heavy atom. The molecule has 2 atom stereocenters. The molecule has 5 heteroatoms. The topological polar surface area (TPSA) is 59.0 Å². The van der Waals surface area contributed by atoms with Gasteiger partial charge in [0.15, 0.2) is 0 Å². The van der Waals surface area contributed by atoms with Gasteiger partial charge >= 0.3 is 6.03 Å². The van der Waals surface area contributed by atoms with Crippen LogP contribution in [0.3, 0.4) is 0 Å². The van der Waals surface area contributed by atoms with Crippen molar-refractivity contribution >= 4 is 11.7 Å². The van der Waals surface area contributed by atoms with E-state index in [1.54, 1.807) is 10.9 Å². The van der Waals surface area contributed by atoms with E-state index in [2.05, 4.69) is 22.7 Å². The molecule has 116 valence electrons. The number of rotatable bonds is 3. The third-order valence-corrected chi connectivity index (χ3v) is 4.33. The van der Waals surface area contributed by atoms with E-state index in [9.17, 15) is 4.79 Å². The molecule has 0 radical (unpaired) electrons. The lowest BCUT2D eigenvalue weighted by Crippen LogP contribution is -2.43. The van der Waals surface area contributed by atoms with Crippen molar-refractivity contribution in [3.8, 4) is 5.69 Å². The Hall–Kier alpha value is -2.30. The summed E-state index contributed by atoms with van der Waals surface area (Å²) in [5.41, 5.74) is 1.62. The molecule has 0 bridgehead atoms. The minimum Gasteiger partial charge on any atom is -0.335 e. The number of nitrogens with zero attached hydrogens (tertiary/aromatic N) is 2. The summed E-state index contributed by atoms with van der Waals surface area (Å²) in [6.45, 7) is 2.21. The fraction of sp³-hybridized carbons (Fsp3) is 0.412. The van der Waals surface area contributed by atoms with Crippen LogP contribution in [-0.2, 0) is 0 Å². The second-order valence-corrected chi connectivity index (χ2v) is 5.93. The maximum absolute atomic E-state index is 12.3. The molecule has 2 N–H and O–H groups in total. The van der Waals surface area contributed by atoms with Crippen LogP contribution < -0.4 is 10.6 Å². The summed E-state index contributed by atoms with van der Waals surface area (Å²) in [5, 5.41) is 10.3. The number of amides is 2. The van der Waals surface area contributed by atoms with Gasteiger partial charge in [-0.1, -0.05) is 31.9 Å². The van der Waals surface area contributed by atoms with Crippen LogP contribution in [0.4, 0.5) is 10.5 Å². The zero-order valence-electron chi connectivity index (χ0n) is 12.8. The molecule has 3 rings (SSSR count). The molecule has 2 amide bonds. The molecule has 22 heavy (non-hydrogen) atoms. The van der Waals surface area contributed by atoms with Crippen molar-refractivity contribution < 1.29 is 4.79 Å². The van der Waals surface area contributed by atoms with Gasteiger partial charge in [-0.3, -0.25) is 0 Å². The Kier molecular flexibility index (Phi) is 4.42. The molecule has 1 aromatic carbocycles. The first kappa shape index (κ1) is 14.6. The van der Waals surface area contributed by atoms with Crippen molar-refractivity contribution in [1.29, 1.82) is 0 Å². The van der Waals surface area contributed by atoms with Gasteiger partial charge in [0.25, 0.3) is 0 Å². The molecule has 2 aromatic rings. The number of urea groups is 1. The highest BCUT2D eigenvalue weighted by Gasteiger charge is 2.23. The quantitative estimate of drug-likeness (QED) is 0.910. The second-order valence-electron chi connectivity index (χ2n) is 5.93. The van der Waals surface area contributed by atoms with Gasteiger partial charge in [-0.25, -0.2) is 9.48 Å². The first-order chi connectivity index (χ1) is 10.7. The molecule has 0 saturated heterocycles. The van der Waals surface area contributed by atoms with Crippen LogP contribution in [-0.4, -0.2) is 21.9 Å². The van der Waals surface area contributed by atoms with Gasteiger partial charge in [-0.2, -0.15) is 5.10 Å². The molecular weight excluding hydrogens is 276 g/mol. The highest BCUT2D eigenvalue weighted by molar-refractivity contribution is 5.91. The number of benzene rings is 1. The minimum atomic E-state index is -0.140. The maximum Gasteiger partial charge on any atom is 0.319 e. The first-order valence-electron chi connectivity index (χ1n) is 7.90. The average molecular weight is 298 g/mol. The molecule has 0 spiro atoms. The summed E-state index contributed by atoms with van der Waals surface area (Å²) in [5.74, 6) is 0.542. The van der Waals surface area contributed by atoms with E-state index >= 15 is 0 Å². The number of hydrogen-bond donors (Lipinski definition) is 2. The first-order valence-corrected chi connectivity index (χ1v) is 7.90. The molecule has 1 aliphatic rings. The summed E-state index contributed by atoms with van der Waals surface area (Å²) >= 11 is 0. The van der Waals surface area contributed by atoms with Crippen LogP contribution in [0.25, 0.3) is 5.69 Å². The highest BCUT2D eigenvalue weighted by atomic mass is 16.2. The van der Waals surface area contributed by atoms with Crippen LogP contribution >= 0.6 is 0 Å². The highest BCUT2D eigenvalue weighted by Crippen LogP contribution is 2.24. The number of aromatic nitrogens is 2. The number of carbonyl (C=O) groups excluding carboxylic acids is 1. The Bertz CT molecular complexity index is 623. The van der Waals surface area contributed by atoms with Gasteiger partial charge in [0.05, 0.1) is 11.4 Å². The van der Waals surface area contributed by atoms with Gasteiger partial charge in [0.1, 0.15) is 0 Å². The van der Waals surface area contributed by atoms with Crippen LogP contribution in [0, 0.1) is 5.92 Å². The zero-order chi connectivity index (χ0) is 15.4. The minimum absolute atomic E-state index is 0.140. The molecule has 1 saturated carbocycles. The lowest BCUT2D eigenvalue weighted by Gasteiger charge is -2.29. The van der Waals surface area contributed by atoms with Crippen LogP contribution in [0.15, 0.2) is 42.7 Å². The Balaban J connectivity index is 1.69. The molecule has 0 aliphatic heterocycles. The van der Waals surface area contributed by atoms with E-state index in [1.165, 1.54) is 19.3 Å². The van der Waals surface area contributed by atoms with Crippen molar-refractivity contribution in [3.05, 3.63) is 42.7 Å². The monoisotopic (exact) mass is 298 g/mol. The van der Waals surface area contributed by atoms with Gasteiger partial charge in [0.2, 0.25) is 0 Å². The lowest BCUT2D eigenvalue weighted by molar-refractivity contribution is 0.232. The summed E-state index contributed by atoms with van der Waals surface area (Å²) in [6, 6.07) is 9.66. The van der Waals surface area contributed by atoms with Crippen molar-refractivity contribution in [2.75, 3.05) is 5.32 Å². The normalized spacial score (nSPS) is 21.3. The summed E-state index contributed by atoms with van der Waals surface area (Å²) in [6.07, 6.45) is 8.30. The molecule has 1 aromatic heterocycles. The second kappa shape index (κ2) is 6.64. The third kappa shape index (κ3) is 3.30. The summed E-state index contributed by atoms with van der Waals surface area (Å²) in [7, 11) is 0. The number of hydrogen-bond acceptors (Lipinski definition) is 2. The molecule has 0 unspecified atom stereocenters. The smallest absolute Gasteiger partial charge is 0.319 e. The summed E-state index contributed by atoms with van der Waals surface area (Å²) in [4.78, 5) is 12.3. The fourth-order valence-electron chi connectivity index (χ4n) is 3.05. The summed E-state index contributed by atoms with van der Waals surface area (Å²) < 4.78 is 1.75. The Labute approximate surface area is 130 Å². The number of carbonyl (C=O) groups is 1. The van der Waals surface area contributed by atoms with Crippen molar-refractivity contribution in [3.63, 3.8) is 0 Å². The lowest BCUT2D eigenvalue weighted by atomic mass is 9.86. The predicted molar refractivity (Wildman–Crippen MR) is 87.1 cm³/mol. The van der Waals surface area contributed by atoms with Gasteiger partial charge in [-0.05, 0) is 37.0 Å². The number of nitrogens with one attached hydrogen (secondary N) is 2. The third-order valence-electron chi connectivity index (χ3n) is 4.33. The number of anilines is 1. The molecular formula is C17H22N4O. The van der Waals surface area contributed by atoms with E-state index < -0.39 is 0 Å².